The third kappa shape index (κ3) is 4.38. The Labute approximate surface area is 205 Å². The fourth-order valence-electron chi connectivity index (χ4n) is 8.65. The highest BCUT2D eigenvalue weighted by molar-refractivity contribution is 7.43. The average molecular weight is 494 g/mol. The van der Waals surface area contributed by atoms with E-state index in [1.165, 1.54) is 38.5 Å². The monoisotopic (exact) mass is 493 g/mol. The molecule has 0 aromatic heterocycles. The molecule has 0 aromatic rings. The molecular formula is C28H50O3PSi+. The van der Waals surface area contributed by atoms with Crippen molar-refractivity contribution in [3.05, 3.63) is 11.4 Å². The Morgan fingerprint density at radius 1 is 1.09 bits per heavy atom. The molecule has 5 heteroatoms. The van der Waals surface area contributed by atoms with Gasteiger partial charge in [0.15, 0.2) is 13.6 Å². The fourth-order valence-corrected chi connectivity index (χ4v) is 10.4. The van der Waals surface area contributed by atoms with Gasteiger partial charge >= 0.3 is 8.03 Å². The van der Waals surface area contributed by atoms with Crippen LogP contribution in [0.3, 0.4) is 0 Å². The molecule has 0 spiro atoms. The molecule has 4 aliphatic carbocycles. The van der Waals surface area contributed by atoms with Gasteiger partial charge in [-0.3, -0.25) is 0 Å². The fraction of sp³-hybridized carbons (Fsp3) is 0.929. The second-order valence-electron chi connectivity index (χ2n) is 14.3. The number of hydrogen-bond donors (Lipinski definition) is 1. The van der Waals surface area contributed by atoms with Gasteiger partial charge in [0.2, 0.25) is 0 Å². The zero-order chi connectivity index (χ0) is 24.4. The van der Waals surface area contributed by atoms with Crippen molar-refractivity contribution in [2.24, 2.45) is 46.3 Å². The van der Waals surface area contributed by atoms with Crippen molar-refractivity contribution in [1.29, 1.82) is 0 Å². The second kappa shape index (κ2) is 8.82. The lowest BCUT2D eigenvalue weighted by Gasteiger charge is -2.59. The first-order valence-electron chi connectivity index (χ1n) is 13.7. The molecule has 3 unspecified atom stereocenters. The molecule has 3 saturated carbocycles. The summed E-state index contributed by atoms with van der Waals surface area (Å²) in [6, 6.07) is 0. The SMILES string of the molecule is CC(CO[Si](C)(C)C(C)(C)C)[C@H]1CC[C@H]2[C@@H]3CCC4C=C([P+](=O)O)CC[C@]4(C)[C@H]3CC[C@]12C. The van der Waals surface area contributed by atoms with Gasteiger partial charge in [-0.1, -0.05) is 41.5 Å². The summed E-state index contributed by atoms with van der Waals surface area (Å²) < 4.78 is 18.5. The van der Waals surface area contributed by atoms with Gasteiger partial charge < -0.3 is 4.43 Å². The summed E-state index contributed by atoms with van der Waals surface area (Å²) in [6.45, 7) is 20.4. The maximum atomic E-state index is 11.7. The van der Waals surface area contributed by atoms with Gasteiger partial charge in [0.25, 0.3) is 0 Å². The molecule has 3 fully saturated rings. The molecule has 0 aliphatic heterocycles. The Morgan fingerprint density at radius 3 is 2.39 bits per heavy atom. The van der Waals surface area contributed by atoms with E-state index in [2.05, 4.69) is 60.7 Å². The number of hydrogen-bond acceptors (Lipinski definition) is 2. The van der Waals surface area contributed by atoms with Crippen molar-refractivity contribution in [3.8, 4) is 0 Å². The van der Waals surface area contributed by atoms with Crippen molar-refractivity contribution in [3.63, 3.8) is 0 Å². The van der Waals surface area contributed by atoms with E-state index in [9.17, 15) is 9.46 Å². The van der Waals surface area contributed by atoms with Crippen LogP contribution in [0.4, 0.5) is 0 Å². The molecular weight excluding hydrogens is 443 g/mol. The molecule has 0 saturated heterocycles. The molecule has 0 radical (unpaired) electrons. The summed E-state index contributed by atoms with van der Waals surface area (Å²) in [7, 11) is -3.84. The Bertz CT molecular complexity index is 801. The van der Waals surface area contributed by atoms with Crippen molar-refractivity contribution in [2.45, 2.75) is 111 Å². The Hall–Kier alpha value is -0.0231. The highest BCUT2D eigenvalue weighted by Crippen LogP contribution is 2.68. The normalized spacial score (nSPS) is 42.6. The van der Waals surface area contributed by atoms with Gasteiger partial charge in [-0.2, -0.15) is 4.89 Å². The van der Waals surface area contributed by atoms with E-state index in [1.807, 2.05) is 0 Å². The van der Waals surface area contributed by atoms with Gasteiger partial charge in [-0.05, 0) is 120 Å². The molecule has 0 bridgehead atoms. The number of allylic oxidation sites excluding steroid dienone is 2. The molecule has 9 atom stereocenters. The van der Waals surface area contributed by atoms with Crippen molar-refractivity contribution >= 4 is 16.3 Å². The summed E-state index contributed by atoms with van der Waals surface area (Å²) in [5.74, 6) is 4.43. The molecule has 3 nitrogen and oxygen atoms in total. The van der Waals surface area contributed by atoms with Crippen LogP contribution in [0.1, 0.15) is 92.9 Å². The van der Waals surface area contributed by atoms with Crippen LogP contribution in [0.5, 0.6) is 0 Å². The summed E-state index contributed by atoms with van der Waals surface area (Å²) in [4.78, 5) is 9.69. The standard InChI is InChI=1S/C28H49O3PSi/c1-19(18-31-33(7,8)26(2,3)4)23-11-12-24-22-10-9-20-17-21(32(29)30)13-15-27(20,5)25(22)14-16-28(23,24)6/h17,19-20,22-25H,9-16,18H2,1-8H3/p+1/t19?,20?,22-,23+,24-,25-,27-,28+/m0/s1. The largest absolute Gasteiger partial charge is 0.541 e. The van der Waals surface area contributed by atoms with E-state index in [0.29, 0.717) is 22.7 Å². The van der Waals surface area contributed by atoms with E-state index in [-0.39, 0.29) is 5.04 Å². The third-order valence-electron chi connectivity index (χ3n) is 11.8. The van der Waals surface area contributed by atoms with Gasteiger partial charge in [0.1, 0.15) is 0 Å². The molecule has 0 heterocycles. The molecule has 0 amide bonds. The highest BCUT2D eigenvalue weighted by atomic mass is 31.1. The van der Waals surface area contributed by atoms with Gasteiger partial charge in [0.05, 0.1) is 0 Å². The highest BCUT2D eigenvalue weighted by Gasteiger charge is 2.60. The quantitative estimate of drug-likeness (QED) is 0.308. The van der Waals surface area contributed by atoms with Crippen molar-refractivity contribution in [2.75, 3.05) is 6.61 Å². The minimum absolute atomic E-state index is 0.276. The van der Waals surface area contributed by atoms with Crippen LogP contribution in [0.2, 0.25) is 18.1 Å². The zero-order valence-corrected chi connectivity index (χ0v) is 24.5. The first-order valence-corrected chi connectivity index (χ1v) is 17.8. The molecule has 4 aliphatic rings. The molecule has 188 valence electrons. The van der Waals surface area contributed by atoms with Crippen LogP contribution in [0, 0.1) is 46.3 Å². The maximum absolute atomic E-state index is 11.7. The minimum Gasteiger partial charge on any atom is -0.417 e. The average Bonchev–Trinajstić information content (AvgIpc) is 3.07. The van der Waals surface area contributed by atoms with Crippen LogP contribution in [-0.2, 0) is 8.99 Å². The minimum atomic E-state index is -2.14. The Balaban J connectivity index is 1.48. The summed E-state index contributed by atoms with van der Waals surface area (Å²) in [5, 5.41) is 1.10. The van der Waals surface area contributed by atoms with Crippen molar-refractivity contribution < 1.29 is 13.9 Å². The summed E-state index contributed by atoms with van der Waals surface area (Å²) in [6.07, 6.45) is 12.2. The molecule has 33 heavy (non-hydrogen) atoms. The maximum Gasteiger partial charge on any atom is 0.541 e. The van der Waals surface area contributed by atoms with E-state index in [1.54, 1.807) is 0 Å². The first kappa shape index (κ1) is 26.1. The number of rotatable bonds is 5. The molecule has 0 aromatic carbocycles. The van der Waals surface area contributed by atoms with E-state index in [0.717, 1.165) is 48.4 Å². The topological polar surface area (TPSA) is 46.5 Å². The van der Waals surface area contributed by atoms with Gasteiger partial charge in [-0.15, -0.1) is 0 Å². The molecule has 4 rings (SSSR count). The lowest BCUT2D eigenvalue weighted by atomic mass is 9.45. The van der Waals surface area contributed by atoms with Crippen molar-refractivity contribution in [1.82, 2.24) is 0 Å². The summed E-state index contributed by atoms with van der Waals surface area (Å²) >= 11 is 0. The van der Waals surface area contributed by atoms with Crippen LogP contribution in [-0.4, -0.2) is 19.8 Å². The van der Waals surface area contributed by atoms with Gasteiger partial charge in [-0.25, -0.2) is 0 Å². The predicted octanol–water partition coefficient (Wildman–Crippen LogP) is 8.53. The van der Waals surface area contributed by atoms with E-state index in [4.69, 9.17) is 4.43 Å². The lowest BCUT2D eigenvalue weighted by molar-refractivity contribution is -0.0970. The van der Waals surface area contributed by atoms with Crippen LogP contribution in [0.25, 0.3) is 0 Å². The lowest BCUT2D eigenvalue weighted by Crippen LogP contribution is -2.52. The third-order valence-corrected chi connectivity index (χ3v) is 17.1. The van der Waals surface area contributed by atoms with Crippen LogP contribution >= 0.6 is 8.03 Å². The Kier molecular flexibility index (Phi) is 6.96. The number of fused-ring (bicyclic) bond motifs is 5. The van der Waals surface area contributed by atoms with Crippen LogP contribution in [0.15, 0.2) is 11.4 Å². The van der Waals surface area contributed by atoms with E-state index >= 15 is 0 Å². The second-order valence-corrected chi connectivity index (χ2v) is 20.2. The first-order chi connectivity index (χ1) is 15.2. The smallest absolute Gasteiger partial charge is 0.417 e. The predicted molar refractivity (Wildman–Crippen MR) is 141 cm³/mol. The Morgan fingerprint density at radius 2 is 1.76 bits per heavy atom. The van der Waals surface area contributed by atoms with Crippen LogP contribution < -0.4 is 0 Å². The van der Waals surface area contributed by atoms with Gasteiger partial charge in [0, 0.05) is 13.0 Å². The summed E-state index contributed by atoms with van der Waals surface area (Å²) in [5.41, 5.74) is 0.791. The molecule has 1 N–H and O–H groups in total. The van der Waals surface area contributed by atoms with E-state index < -0.39 is 16.3 Å². The zero-order valence-electron chi connectivity index (χ0n) is 22.6.